The number of aliphatic hydroxyl groups excluding tert-OH is 2. The summed E-state index contributed by atoms with van der Waals surface area (Å²) in [5.41, 5.74) is 3.49. The van der Waals surface area contributed by atoms with Crippen molar-refractivity contribution in [2.75, 3.05) is 41.4 Å². The molecule has 8 amide bonds. The molecule has 4 aromatic rings. The minimum Gasteiger partial charge on any atom is -0.507 e. The fourth-order valence-electron chi connectivity index (χ4n) is 16.5. The number of amides is 8. The molecule has 0 radical (unpaired) electrons. The van der Waals surface area contributed by atoms with E-state index >= 15 is 0 Å². The molecule has 0 saturated heterocycles. The van der Waals surface area contributed by atoms with Crippen LogP contribution in [0.5, 0.6) is 23.0 Å². The second-order valence-electron chi connectivity index (χ2n) is 35.4. The molecule has 26 nitrogen and oxygen atoms in total. The van der Waals surface area contributed by atoms with Gasteiger partial charge in [-0.15, -0.1) is 0 Å². The van der Waals surface area contributed by atoms with Crippen LogP contribution in [0.1, 0.15) is 327 Å². The average Bonchev–Trinajstić information content (AvgIpc) is 0.791. The lowest BCUT2D eigenvalue weighted by molar-refractivity contribution is -0.140. The van der Waals surface area contributed by atoms with Crippen LogP contribution in [-0.2, 0) is 70.4 Å². The highest BCUT2D eigenvalue weighted by atomic mass is 16.3. The van der Waals surface area contributed by atoms with Gasteiger partial charge in [0.25, 0.3) is 0 Å². The number of Topliss-reactive ketones (excluding diaryl/α,β-unsaturated/α-hetero) is 4. The van der Waals surface area contributed by atoms with Gasteiger partial charge in [-0.1, -0.05) is 206 Å². The Balaban J connectivity index is 0.000000444. The number of likely N-dealkylation sites (N-methyl/N-ethyl adjacent to an activating group) is 4. The largest absolute Gasteiger partial charge is 0.507 e. The van der Waals surface area contributed by atoms with Crippen molar-refractivity contribution in [3.8, 4) is 45.3 Å². The first-order chi connectivity index (χ1) is 59.6. The number of ketones is 4. The molecule has 0 spiro atoms. The second-order valence-corrected chi connectivity index (χ2v) is 35.4. The molecule has 6 rings (SSSR count). The Morgan fingerprint density at radius 2 is 0.696 bits per heavy atom. The Morgan fingerprint density at radius 3 is 1.04 bits per heavy atom. The number of phenols is 4. The van der Waals surface area contributed by atoms with Crippen LogP contribution in [0.15, 0.2) is 72.8 Å². The van der Waals surface area contributed by atoms with Gasteiger partial charge in [0, 0.05) is 139 Å². The lowest BCUT2D eigenvalue weighted by atomic mass is 9.90. The van der Waals surface area contributed by atoms with Gasteiger partial charge in [0.15, 0.2) is 23.1 Å². The molecule has 694 valence electrons. The van der Waals surface area contributed by atoms with Crippen molar-refractivity contribution in [3.05, 3.63) is 95.1 Å². The molecule has 0 fully saturated rings. The van der Waals surface area contributed by atoms with Gasteiger partial charge in [-0.25, -0.2) is 0 Å². The number of benzene rings is 4. The zero-order valence-corrected chi connectivity index (χ0v) is 77.1. The summed E-state index contributed by atoms with van der Waals surface area (Å²) in [6.45, 7) is 13.7. The first-order valence-electron chi connectivity index (χ1n) is 46.5. The van der Waals surface area contributed by atoms with Crippen molar-refractivity contribution in [2.24, 2.45) is 11.8 Å². The molecule has 0 saturated carbocycles. The van der Waals surface area contributed by atoms with Crippen molar-refractivity contribution in [3.63, 3.8) is 0 Å². The SMILES string of the molecule is CCCCCCCCCCCCCCCC(=O)N(C)[C@H](CO)CC(=O)N[C@H](C)C(=O)CCC(=O)N(C)[C@@H]1C(=O)C[C@@H](C)C(=O)N[C@H](C)Cc2ccc(O)c(c2)-c2cc1ccc2O.CCCCCCCCCCCCCCCC(=O)N(C)[C@H](CO)CCC(=O)N[C@H](C)C(=O)CCC(=O)N(C)[C@@H]1C(=O)C[C@@H](C)C(=O)N[C@H](C)Cc2ccc(O)c(c2)-c2cc1ccc2O. The maximum Gasteiger partial charge on any atom is 0.223 e. The lowest BCUT2D eigenvalue weighted by Crippen LogP contribution is -2.45. The van der Waals surface area contributed by atoms with Crippen LogP contribution in [0.2, 0.25) is 0 Å². The molecule has 2 aliphatic heterocycles. The summed E-state index contributed by atoms with van der Waals surface area (Å²) in [6.07, 6.45) is 31.6. The zero-order valence-electron chi connectivity index (χ0n) is 77.1. The van der Waals surface area contributed by atoms with Crippen LogP contribution in [-0.4, -0.2) is 198 Å². The molecule has 4 aromatic carbocycles. The van der Waals surface area contributed by atoms with E-state index in [0.29, 0.717) is 47.9 Å². The third-order valence-corrected chi connectivity index (χ3v) is 24.6. The Labute approximate surface area is 743 Å². The van der Waals surface area contributed by atoms with Gasteiger partial charge in [-0.05, 0) is 131 Å². The molecule has 2 heterocycles. The molecule has 0 unspecified atom stereocenters. The van der Waals surface area contributed by atoms with Gasteiger partial charge >= 0.3 is 0 Å². The third kappa shape index (κ3) is 36.4. The molecule has 10 atom stereocenters. The predicted molar refractivity (Wildman–Crippen MR) is 487 cm³/mol. The van der Waals surface area contributed by atoms with Gasteiger partial charge in [-0.3, -0.25) is 57.5 Å². The summed E-state index contributed by atoms with van der Waals surface area (Å²) in [5, 5.41) is 74.6. The van der Waals surface area contributed by atoms with Crippen molar-refractivity contribution in [1.82, 2.24) is 40.9 Å². The number of fused-ring (bicyclic) bond motifs is 10. The Hall–Kier alpha value is -9.56. The molecule has 0 aromatic heterocycles. The molecule has 26 heteroatoms. The number of carbonyl (C=O) groups excluding carboxylic acids is 12. The quantitative estimate of drug-likeness (QED) is 0.0184. The maximum absolute atomic E-state index is 14.0. The number of hydrogen-bond donors (Lipinski definition) is 10. The van der Waals surface area contributed by atoms with Crippen molar-refractivity contribution in [1.29, 1.82) is 0 Å². The Kier molecular flexibility index (Phi) is 47.9. The van der Waals surface area contributed by atoms with Crippen LogP contribution in [0, 0.1) is 11.8 Å². The fourth-order valence-corrected chi connectivity index (χ4v) is 16.5. The minimum absolute atomic E-state index is 0.0172. The molecule has 125 heavy (non-hydrogen) atoms. The Bertz CT molecular complexity index is 4130. The normalized spacial score (nSPS) is 17.6. The summed E-state index contributed by atoms with van der Waals surface area (Å²) in [5.74, 6) is -6.45. The second kappa shape index (κ2) is 56.5. The summed E-state index contributed by atoms with van der Waals surface area (Å²) < 4.78 is 0. The summed E-state index contributed by atoms with van der Waals surface area (Å²) in [7, 11) is 6.09. The van der Waals surface area contributed by atoms with E-state index in [1.165, 1.54) is 206 Å². The average molecular weight is 1740 g/mol. The first kappa shape index (κ1) is 106. The van der Waals surface area contributed by atoms with Crippen LogP contribution in [0.25, 0.3) is 22.3 Å². The number of hydrogen-bond acceptors (Lipinski definition) is 18. The Morgan fingerprint density at radius 1 is 0.384 bits per heavy atom. The number of aromatic hydroxyl groups is 4. The number of nitrogens with one attached hydrogen (secondary N) is 4. The van der Waals surface area contributed by atoms with Crippen molar-refractivity contribution in [2.45, 2.75) is 354 Å². The predicted octanol–water partition coefficient (Wildman–Crippen LogP) is 15.3. The fraction of sp³-hybridized carbons (Fsp3) is 0.636. The third-order valence-electron chi connectivity index (χ3n) is 24.6. The molecule has 2 aliphatic rings. The highest BCUT2D eigenvalue weighted by molar-refractivity contribution is 5.98. The summed E-state index contributed by atoms with van der Waals surface area (Å²) in [4.78, 5) is 165. The van der Waals surface area contributed by atoms with Gasteiger partial charge in [0.2, 0.25) is 47.3 Å². The van der Waals surface area contributed by atoms with Crippen LogP contribution < -0.4 is 21.3 Å². The molecular weight excluding hydrogens is 1590 g/mol. The van der Waals surface area contributed by atoms with E-state index in [1.54, 1.807) is 64.3 Å². The van der Waals surface area contributed by atoms with Gasteiger partial charge < -0.3 is 71.5 Å². The van der Waals surface area contributed by atoms with E-state index in [9.17, 15) is 88.2 Å². The van der Waals surface area contributed by atoms with E-state index in [1.807, 2.05) is 13.8 Å². The number of unbranched alkanes of at least 4 members (excludes halogenated alkanes) is 24. The molecule has 10 N–H and O–H groups in total. The van der Waals surface area contributed by atoms with Gasteiger partial charge in [0.1, 0.15) is 35.1 Å². The van der Waals surface area contributed by atoms with Crippen molar-refractivity contribution >= 4 is 70.4 Å². The monoisotopic (exact) mass is 1740 g/mol. The smallest absolute Gasteiger partial charge is 0.223 e. The number of carbonyl (C=O) groups is 12. The van der Waals surface area contributed by atoms with E-state index in [-0.39, 0.29) is 134 Å². The molecule has 8 bridgehead atoms. The van der Waals surface area contributed by atoms with Crippen LogP contribution in [0.3, 0.4) is 0 Å². The van der Waals surface area contributed by atoms with Gasteiger partial charge in [0.05, 0.1) is 37.4 Å². The van der Waals surface area contributed by atoms with E-state index < -0.39 is 101 Å². The van der Waals surface area contributed by atoms with Crippen LogP contribution in [0.4, 0.5) is 0 Å². The molecule has 0 aliphatic carbocycles. The number of rotatable bonds is 49. The zero-order chi connectivity index (χ0) is 92.2. The summed E-state index contributed by atoms with van der Waals surface area (Å²) in [6, 6.07) is 12.7. The van der Waals surface area contributed by atoms with Gasteiger partial charge in [-0.2, -0.15) is 0 Å². The van der Waals surface area contributed by atoms with Crippen molar-refractivity contribution < 1.29 is 88.2 Å². The molecular formula is C99H150N8O18. The number of nitrogens with zero attached hydrogens (tertiary/aromatic N) is 4. The highest BCUT2D eigenvalue weighted by Crippen LogP contribution is 2.42. The number of aliphatic hydroxyl groups is 2. The van der Waals surface area contributed by atoms with E-state index in [4.69, 9.17) is 0 Å². The standard InChI is InChI=1S/C50H76N4O9.C49H74N4O9/c1-7-8-9-10-11-12-13-14-15-16-17-18-19-20-47(61)53(5)39(33-55)23-27-46(60)52-36(4)42(56)26-28-48(62)54(6)49-38-22-25-44(58)41(32-38)40-31-37(21-24-43(40)57)30-35(3)51-50(63)34(2)29-45(49)59;1-7-8-9-10-11-12-13-14-15-16-17-18-19-20-46(60)52(5)38(32-54)31-45(59)51-35(4)41(55)25-26-47(61)53(6)48-37-22-24-43(57)40(30-37)39-29-36(21-23-42(39)56)28-34(3)50-49(62)33(2)27-44(48)58/h21-22,24-25,31-32,34-36,39,49,55,57-58H,7-20,23,26-30,33H2,1-6H3,(H,51,63)(H,52,60);21-24,29-30,33-35,38,48,54,56-57H,7-20,25-28,31-32H2,1-6H3,(H,50,62)(H,51,59)/t34-,35-,36-,39+,49+;33-,34-,35-,38+,48+/m11/s1. The van der Waals surface area contributed by atoms with E-state index in [2.05, 4.69) is 35.1 Å². The summed E-state index contributed by atoms with van der Waals surface area (Å²) >= 11 is 0. The number of phenolic OH excluding ortho intramolecular Hbond substituents is 4. The minimum atomic E-state index is -1.19. The van der Waals surface area contributed by atoms with E-state index in [0.717, 1.165) is 56.1 Å². The lowest BCUT2D eigenvalue weighted by Gasteiger charge is -2.29. The van der Waals surface area contributed by atoms with Crippen LogP contribution >= 0.6 is 0 Å². The maximum atomic E-state index is 14.0. The first-order valence-corrected chi connectivity index (χ1v) is 46.5. The topological polar surface area (TPSA) is 387 Å². The highest BCUT2D eigenvalue weighted by Gasteiger charge is 2.36.